The molecule has 29 heavy (non-hydrogen) atoms. The summed E-state index contributed by atoms with van der Waals surface area (Å²) < 4.78 is 6.20. The first-order valence-corrected chi connectivity index (χ1v) is 11.8. The predicted octanol–water partition coefficient (Wildman–Crippen LogP) is 7.22. The van der Waals surface area contributed by atoms with Crippen molar-refractivity contribution in [3.05, 3.63) is 47.8 Å². The van der Waals surface area contributed by atoms with Crippen molar-refractivity contribution in [1.82, 2.24) is 4.98 Å². The highest BCUT2D eigenvalue weighted by Gasteiger charge is 2.50. The number of pyridine rings is 1. The van der Waals surface area contributed by atoms with Crippen LogP contribution in [-0.2, 0) is 4.74 Å². The fourth-order valence-electron chi connectivity index (χ4n) is 6.77. The van der Waals surface area contributed by atoms with Gasteiger partial charge < -0.3 is 4.74 Å². The third-order valence-corrected chi connectivity index (χ3v) is 8.56. The van der Waals surface area contributed by atoms with Crippen LogP contribution < -0.4 is 0 Å². The van der Waals surface area contributed by atoms with Crippen LogP contribution in [0.25, 0.3) is 5.57 Å². The molecule has 0 N–H and O–H groups in total. The summed E-state index contributed by atoms with van der Waals surface area (Å²) in [7, 11) is 0. The quantitative estimate of drug-likeness (QED) is 0.504. The van der Waals surface area contributed by atoms with E-state index in [1.165, 1.54) is 44.1 Å². The number of aromatic nitrogens is 1. The summed E-state index contributed by atoms with van der Waals surface area (Å²) in [6.45, 7) is 11.7. The molecule has 0 spiro atoms. The average Bonchev–Trinajstić information content (AvgIpc) is 3.06. The molecule has 0 radical (unpaired) electrons. The van der Waals surface area contributed by atoms with Crippen LogP contribution in [0.2, 0.25) is 0 Å². The normalized spacial score (nSPS) is 38.9. The van der Waals surface area contributed by atoms with E-state index in [-0.39, 0.29) is 0 Å². The number of fused-ring (bicyclic) bond motifs is 1. The molecule has 4 rings (SSSR count). The Hall–Kier alpha value is -1.41. The average molecular weight is 394 g/mol. The second kappa shape index (κ2) is 8.02. The number of allylic oxidation sites excluding steroid dienone is 3. The number of hydrogen-bond acceptors (Lipinski definition) is 2. The molecule has 0 aromatic carbocycles. The van der Waals surface area contributed by atoms with Crippen LogP contribution in [0.15, 0.2) is 42.3 Å². The standard InChI is InChI=1S/C27H39NO/c1-6-21-17-24(29-19(2)3)12-14-26(21,4)23-11-13-27(5)22(16-23)9-10-25(27)20-8-7-15-28-18-20/h6-8,10,15,18-19,22-24H,9,11-14,16-17H2,1-5H3/b21-6-/t22-,23-,24-,26-,27-/m0/s1. The number of ether oxygens (including phenoxy) is 1. The largest absolute Gasteiger partial charge is 0.375 e. The zero-order chi connectivity index (χ0) is 20.6. The molecular weight excluding hydrogens is 354 g/mol. The van der Waals surface area contributed by atoms with Gasteiger partial charge >= 0.3 is 0 Å². The smallest absolute Gasteiger partial charge is 0.0616 e. The fraction of sp³-hybridized carbons (Fsp3) is 0.667. The molecule has 0 unspecified atom stereocenters. The Morgan fingerprint density at radius 1 is 1.14 bits per heavy atom. The topological polar surface area (TPSA) is 22.1 Å². The van der Waals surface area contributed by atoms with Crippen molar-refractivity contribution in [3.8, 4) is 0 Å². The minimum atomic E-state index is 0.323. The first kappa shape index (κ1) is 20.8. The number of nitrogens with zero attached hydrogens (tertiary/aromatic N) is 1. The van der Waals surface area contributed by atoms with Gasteiger partial charge in [0.2, 0.25) is 0 Å². The Morgan fingerprint density at radius 3 is 2.62 bits per heavy atom. The monoisotopic (exact) mass is 393 g/mol. The van der Waals surface area contributed by atoms with E-state index in [9.17, 15) is 0 Å². The lowest BCUT2D eigenvalue weighted by atomic mass is 9.54. The van der Waals surface area contributed by atoms with E-state index in [0.29, 0.717) is 23.0 Å². The molecule has 0 aliphatic heterocycles. The molecule has 2 fully saturated rings. The zero-order valence-electron chi connectivity index (χ0n) is 19.1. The van der Waals surface area contributed by atoms with E-state index in [1.54, 1.807) is 11.1 Å². The van der Waals surface area contributed by atoms with E-state index in [0.717, 1.165) is 18.3 Å². The molecule has 1 aromatic heterocycles. The lowest BCUT2D eigenvalue weighted by Crippen LogP contribution is -2.43. The van der Waals surface area contributed by atoms with Gasteiger partial charge in [-0.25, -0.2) is 0 Å². The van der Waals surface area contributed by atoms with Crippen molar-refractivity contribution in [3.63, 3.8) is 0 Å². The summed E-state index contributed by atoms with van der Waals surface area (Å²) in [5.74, 6) is 1.57. The van der Waals surface area contributed by atoms with Crippen LogP contribution in [0.1, 0.15) is 85.1 Å². The van der Waals surface area contributed by atoms with Crippen LogP contribution >= 0.6 is 0 Å². The maximum absolute atomic E-state index is 6.20. The van der Waals surface area contributed by atoms with E-state index >= 15 is 0 Å². The van der Waals surface area contributed by atoms with Gasteiger partial charge in [0.05, 0.1) is 12.2 Å². The van der Waals surface area contributed by atoms with E-state index < -0.39 is 0 Å². The summed E-state index contributed by atoms with van der Waals surface area (Å²) in [4.78, 5) is 4.39. The van der Waals surface area contributed by atoms with E-state index in [1.807, 2.05) is 6.20 Å². The van der Waals surface area contributed by atoms with Crippen LogP contribution in [0.4, 0.5) is 0 Å². The van der Waals surface area contributed by atoms with Crippen LogP contribution in [0, 0.1) is 22.7 Å². The molecule has 0 amide bonds. The molecule has 1 heterocycles. The second-order valence-electron chi connectivity index (χ2n) is 10.5. The first-order valence-electron chi connectivity index (χ1n) is 11.8. The Labute approximate surface area is 177 Å². The van der Waals surface area contributed by atoms with Gasteiger partial charge in [0.15, 0.2) is 0 Å². The van der Waals surface area contributed by atoms with Crippen LogP contribution in [0.3, 0.4) is 0 Å². The van der Waals surface area contributed by atoms with Crippen LogP contribution in [0.5, 0.6) is 0 Å². The minimum absolute atomic E-state index is 0.323. The predicted molar refractivity (Wildman–Crippen MR) is 121 cm³/mol. The first-order chi connectivity index (χ1) is 13.9. The summed E-state index contributed by atoms with van der Waals surface area (Å²) in [6.07, 6.45) is 18.5. The molecule has 3 aliphatic carbocycles. The molecule has 5 atom stereocenters. The maximum atomic E-state index is 6.20. The van der Waals surface area contributed by atoms with Gasteiger partial charge in [0, 0.05) is 12.4 Å². The van der Waals surface area contributed by atoms with Gasteiger partial charge in [-0.2, -0.15) is 0 Å². The molecule has 1 aromatic rings. The Morgan fingerprint density at radius 2 is 1.93 bits per heavy atom. The van der Waals surface area contributed by atoms with Gasteiger partial charge in [-0.05, 0) is 106 Å². The van der Waals surface area contributed by atoms with E-state index in [4.69, 9.17) is 4.74 Å². The summed E-state index contributed by atoms with van der Waals surface area (Å²) in [5, 5.41) is 0. The Kier molecular flexibility index (Phi) is 5.77. The lowest BCUT2D eigenvalue weighted by molar-refractivity contribution is -0.0302. The zero-order valence-corrected chi connectivity index (χ0v) is 19.1. The fourth-order valence-corrected chi connectivity index (χ4v) is 6.77. The van der Waals surface area contributed by atoms with Gasteiger partial charge in [0.1, 0.15) is 0 Å². The molecular formula is C27H39NO. The van der Waals surface area contributed by atoms with Gasteiger partial charge in [-0.3, -0.25) is 4.98 Å². The van der Waals surface area contributed by atoms with Gasteiger partial charge in [-0.15, -0.1) is 0 Å². The molecule has 2 saturated carbocycles. The van der Waals surface area contributed by atoms with Crippen molar-refractivity contribution in [2.75, 3.05) is 0 Å². The summed E-state index contributed by atoms with van der Waals surface area (Å²) in [6, 6.07) is 4.32. The SMILES string of the molecule is C/C=C1/C[C@@H](OC(C)C)CC[C@]1(C)[C@H]1CC[C@]2(C)C(c3cccnc3)=CC[C@H]2C1. The molecule has 158 valence electrons. The van der Waals surface area contributed by atoms with Crippen molar-refractivity contribution in [2.45, 2.75) is 91.8 Å². The highest BCUT2D eigenvalue weighted by molar-refractivity contribution is 5.72. The third kappa shape index (κ3) is 3.74. The van der Waals surface area contributed by atoms with E-state index in [2.05, 4.69) is 70.1 Å². The molecule has 3 aliphatic rings. The van der Waals surface area contributed by atoms with Crippen LogP contribution in [-0.4, -0.2) is 17.2 Å². The van der Waals surface area contributed by atoms with Gasteiger partial charge in [-0.1, -0.05) is 37.6 Å². The molecule has 2 heteroatoms. The summed E-state index contributed by atoms with van der Waals surface area (Å²) >= 11 is 0. The molecule has 2 nitrogen and oxygen atoms in total. The summed E-state index contributed by atoms with van der Waals surface area (Å²) in [5.41, 5.74) is 5.22. The third-order valence-electron chi connectivity index (χ3n) is 8.56. The number of rotatable bonds is 4. The lowest BCUT2D eigenvalue weighted by Gasteiger charge is -2.51. The molecule has 0 bridgehead atoms. The Bertz CT molecular complexity index is 779. The minimum Gasteiger partial charge on any atom is -0.375 e. The highest BCUT2D eigenvalue weighted by atomic mass is 16.5. The highest BCUT2D eigenvalue weighted by Crippen LogP contribution is 2.61. The van der Waals surface area contributed by atoms with Gasteiger partial charge in [0.25, 0.3) is 0 Å². The van der Waals surface area contributed by atoms with Crippen molar-refractivity contribution < 1.29 is 4.74 Å². The van der Waals surface area contributed by atoms with Crippen molar-refractivity contribution in [1.29, 1.82) is 0 Å². The van der Waals surface area contributed by atoms with Crippen molar-refractivity contribution >= 4 is 5.57 Å². The second-order valence-corrected chi connectivity index (χ2v) is 10.5. The molecule has 0 saturated heterocycles. The van der Waals surface area contributed by atoms with Crippen molar-refractivity contribution in [2.24, 2.45) is 22.7 Å². The Balaban J connectivity index is 1.49. The maximum Gasteiger partial charge on any atom is 0.0616 e. The number of hydrogen-bond donors (Lipinski definition) is 0.